The summed E-state index contributed by atoms with van der Waals surface area (Å²) in [5.74, 6) is 0.292. The van der Waals surface area contributed by atoms with Crippen molar-refractivity contribution in [1.29, 1.82) is 0 Å². The summed E-state index contributed by atoms with van der Waals surface area (Å²) in [4.78, 5) is 25.2. The number of ether oxygens (including phenoxy) is 1. The first-order chi connectivity index (χ1) is 7.72. The Balaban J connectivity index is 1.98. The van der Waals surface area contributed by atoms with Crippen LogP contribution >= 0.6 is 0 Å². The van der Waals surface area contributed by atoms with Crippen LogP contribution in [0.4, 0.5) is 0 Å². The van der Waals surface area contributed by atoms with E-state index in [1.54, 1.807) is 4.90 Å². The summed E-state index contributed by atoms with van der Waals surface area (Å²) in [6, 6.07) is 0. The molecule has 1 amide bonds. The zero-order chi connectivity index (χ0) is 11.5. The maximum atomic E-state index is 12.2. The van der Waals surface area contributed by atoms with Crippen LogP contribution in [0.1, 0.15) is 32.6 Å². The van der Waals surface area contributed by atoms with Gasteiger partial charge in [-0.15, -0.1) is 0 Å². The van der Waals surface area contributed by atoms with Crippen molar-refractivity contribution in [2.45, 2.75) is 38.7 Å². The number of amides is 1. The molecular weight excluding hydrogens is 206 g/mol. The van der Waals surface area contributed by atoms with Crippen molar-refractivity contribution < 1.29 is 14.3 Å². The van der Waals surface area contributed by atoms with E-state index >= 15 is 0 Å². The van der Waals surface area contributed by atoms with Gasteiger partial charge in [0.15, 0.2) is 5.78 Å². The molecule has 0 saturated carbocycles. The fraction of sp³-hybridized carbons (Fsp3) is 0.833. The van der Waals surface area contributed by atoms with Crippen LogP contribution in [0.2, 0.25) is 0 Å². The third-order valence-corrected chi connectivity index (χ3v) is 3.49. The third kappa shape index (κ3) is 2.26. The largest absolute Gasteiger partial charge is 0.377 e. The monoisotopic (exact) mass is 225 g/mol. The van der Waals surface area contributed by atoms with Crippen molar-refractivity contribution in [1.82, 2.24) is 4.90 Å². The van der Waals surface area contributed by atoms with E-state index in [1.165, 1.54) is 0 Å². The molecule has 2 heterocycles. The number of nitrogens with zero attached hydrogens (tertiary/aromatic N) is 1. The Kier molecular flexibility index (Phi) is 3.59. The predicted octanol–water partition coefficient (Wildman–Crippen LogP) is 0.993. The minimum absolute atomic E-state index is 0.0177. The normalized spacial score (nSPS) is 30.8. The highest BCUT2D eigenvalue weighted by Gasteiger charge is 2.36. The molecule has 2 aliphatic rings. The van der Waals surface area contributed by atoms with Gasteiger partial charge in [-0.2, -0.15) is 0 Å². The Morgan fingerprint density at radius 2 is 2.38 bits per heavy atom. The summed E-state index contributed by atoms with van der Waals surface area (Å²) in [7, 11) is 0. The second-order valence-electron chi connectivity index (χ2n) is 4.61. The van der Waals surface area contributed by atoms with E-state index in [1.807, 2.05) is 6.92 Å². The molecule has 0 radical (unpaired) electrons. The molecule has 0 spiro atoms. The Bertz CT molecular complexity index is 290. The van der Waals surface area contributed by atoms with Crippen LogP contribution in [-0.2, 0) is 14.3 Å². The van der Waals surface area contributed by atoms with Crippen LogP contribution in [0.5, 0.6) is 0 Å². The molecule has 2 aliphatic heterocycles. The summed E-state index contributed by atoms with van der Waals surface area (Å²) >= 11 is 0. The van der Waals surface area contributed by atoms with E-state index in [9.17, 15) is 9.59 Å². The van der Waals surface area contributed by atoms with Gasteiger partial charge in [0.2, 0.25) is 5.91 Å². The Morgan fingerprint density at radius 3 is 3.06 bits per heavy atom. The third-order valence-electron chi connectivity index (χ3n) is 3.49. The minimum atomic E-state index is -0.0177. The van der Waals surface area contributed by atoms with E-state index < -0.39 is 0 Å². The Labute approximate surface area is 95.9 Å². The number of hydrogen-bond donors (Lipinski definition) is 0. The molecule has 0 bridgehead atoms. The molecule has 2 fully saturated rings. The molecule has 16 heavy (non-hydrogen) atoms. The molecule has 0 N–H and O–H groups in total. The molecule has 0 aromatic rings. The molecule has 2 atom stereocenters. The van der Waals surface area contributed by atoms with Crippen LogP contribution in [0.15, 0.2) is 0 Å². The summed E-state index contributed by atoms with van der Waals surface area (Å²) in [6.07, 6.45) is 3.18. The van der Waals surface area contributed by atoms with Gasteiger partial charge in [0.1, 0.15) is 0 Å². The lowest BCUT2D eigenvalue weighted by Gasteiger charge is -2.29. The van der Waals surface area contributed by atoms with Crippen molar-refractivity contribution in [2.75, 3.05) is 19.7 Å². The highest BCUT2D eigenvalue weighted by atomic mass is 16.5. The van der Waals surface area contributed by atoms with Crippen molar-refractivity contribution in [3.8, 4) is 0 Å². The van der Waals surface area contributed by atoms with Gasteiger partial charge in [-0.1, -0.05) is 6.92 Å². The van der Waals surface area contributed by atoms with E-state index in [2.05, 4.69) is 0 Å². The van der Waals surface area contributed by atoms with Crippen LogP contribution in [0.25, 0.3) is 0 Å². The molecule has 2 unspecified atom stereocenters. The molecule has 90 valence electrons. The summed E-state index contributed by atoms with van der Waals surface area (Å²) in [6.45, 7) is 3.76. The maximum absolute atomic E-state index is 12.2. The number of carbonyl (C=O) groups excluding carboxylic acids is 2. The molecule has 2 saturated heterocycles. The number of rotatable bonds is 2. The quantitative estimate of drug-likeness (QED) is 0.704. The Morgan fingerprint density at radius 1 is 1.56 bits per heavy atom. The number of carbonyl (C=O) groups is 2. The highest BCUT2D eigenvalue weighted by Crippen LogP contribution is 2.26. The molecule has 4 nitrogen and oxygen atoms in total. The van der Waals surface area contributed by atoms with Crippen LogP contribution in [0, 0.1) is 5.92 Å². The first kappa shape index (κ1) is 11.6. The van der Waals surface area contributed by atoms with Gasteiger partial charge >= 0.3 is 0 Å². The topological polar surface area (TPSA) is 46.6 Å². The fourth-order valence-electron chi connectivity index (χ4n) is 2.59. The van der Waals surface area contributed by atoms with Crippen molar-refractivity contribution in [3.63, 3.8) is 0 Å². The van der Waals surface area contributed by atoms with Gasteiger partial charge in [0.05, 0.1) is 18.6 Å². The predicted molar refractivity (Wildman–Crippen MR) is 59.0 cm³/mol. The molecule has 0 aromatic carbocycles. The summed E-state index contributed by atoms with van der Waals surface area (Å²) < 4.78 is 5.52. The second kappa shape index (κ2) is 4.95. The number of piperidine rings is 1. The Hall–Kier alpha value is -0.900. The number of Topliss-reactive ketones (excluding diaryl/α,β-unsaturated/α-hetero) is 1. The standard InChI is InChI=1S/C12H19NO3/c1-2-11-10(5-7-16-11)12(15)13-6-3-4-9(14)8-13/h10-11H,2-8H2,1H3. The number of hydrogen-bond acceptors (Lipinski definition) is 3. The van der Waals surface area contributed by atoms with Gasteiger partial charge in [-0.25, -0.2) is 0 Å². The number of likely N-dealkylation sites (tertiary alicyclic amines) is 1. The average Bonchev–Trinajstić information content (AvgIpc) is 2.76. The summed E-state index contributed by atoms with van der Waals surface area (Å²) in [5, 5.41) is 0. The SMILES string of the molecule is CCC1OCCC1C(=O)N1CCCC(=O)C1. The lowest BCUT2D eigenvalue weighted by atomic mass is 9.96. The zero-order valence-electron chi connectivity index (χ0n) is 9.78. The maximum Gasteiger partial charge on any atom is 0.228 e. The van der Waals surface area contributed by atoms with Crippen LogP contribution in [0.3, 0.4) is 0 Å². The summed E-state index contributed by atoms with van der Waals surface area (Å²) in [5.41, 5.74) is 0. The molecule has 2 rings (SSSR count). The van der Waals surface area contributed by atoms with Crippen molar-refractivity contribution in [2.24, 2.45) is 5.92 Å². The van der Waals surface area contributed by atoms with Crippen molar-refractivity contribution in [3.05, 3.63) is 0 Å². The minimum Gasteiger partial charge on any atom is -0.377 e. The first-order valence-corrected chi connectivity index (χ1v) is 6.14. The lowest BCUT2D eigenvalue weighted by Crippen LogP contribution is -2.45. The van der Waals surface area contributed by atoms with Gasteiger partial charge in [-0.3, -0.25) is 9.59 Å². The fourth-order valence-corrected chi connectivity index (χ4v) is 2.59. The van der Waals surface area contributed by atoms with E-state index in [-0.39, 0.29) is 23.7 Å². The number of ketones is 1. The highest BCUT2D eigenvalue weighted by molar-refractivity contribution is 5.88. The molecule has 0 aliphatic carbocycles. The van der Waals surface area contributed by atoms with Gasteiger partial charge in [0.25, 0.3) is 0 Å². The average molecular weight is 225 g/mol. The van der Waals surface area contributed by atoms with Gasteiger partial charge in [-0.05, 0) is 19.3 Å². The zero-order valence-corrected chi connectivity index (χ0v) is 9.78. The van der Waals surface area contributed by atoms with E-state index in [0.717, 1.165) is 25.8 Å². The second-order valence-corrected chi connectivity index (χ2v) is 4.61. The van der Waals surface area contributed by atoms with E-state index in [0.29, 0.717) is 19.6 Å². The van der Waals surface area contributed by atoms with Crippen LogP contribution in [-0.4, -0.2) is 42.4 Å². The molecular formula is C12H19NO3. The first-order valence-electron chi connectivity index (χ1n) is 6.14. The molecule has 0 aromatic heterocycles. The van der Waals surface area contributed by atoms with Crippen molar-refractivity contribution >= 4 is 11.7 Å². The van der Waals surface area contributed by atoms with Crippen LogP contribution < -0.4 is 0 Å². The van der Waals surface area contributed by atoms with E-state index in [4.69, 9.17) is 4.74 Å². The van der Waals surface area contributed by atoms with Gasteiger partial charge < -0.3 is 9.64 Å². The van der Waals surface area contributed by atoms with Gasteiger partial charge in [0, 0.05) is 19.6 Å². The smallest absolute Gasteiger partial charge is 0.228 e. The molecule has 4 heteroatoms. The lowest BCUT2D eigenvalue weighted by molar-refractivity contribution is -0.142.